The van der Waals surface area contributed by atoms with Gasteiger partial charge in [-0.3, -0.25) is 9.36 Å². The third-order valence-electron chi connectivity index (χ3n) is 5.46. The molecule has 8 heteroatoms. The molecule has 1 aliphatic rings. The van der Waals surface area contributed by atoms with Gasteiger partial charge in [-0.25, -0.2) is 0 Å². The van der Waals surface area contributed by atoms with Crippen molar-refractivity contribution in [3.8, 4) is 5.75 Å². The van der Waals surface area contributed by atoms with Gasteiger partial charge in [0, 0.05) is 18.1 Å². The maximum atomic E-state index is 13.2. The van der Waals surface area contributed by atoms with Crippen molar-refractivity contribution in [2.24, 2.45) is 0 Å². The van der Waals surface area contributed by atoms with E-state index in [0.717, 1.165) is 29.4 Å². The van der Waals surface area contributed by atoms with Crippen LogP contribution in [0.25, 0.3) is 0 Å². The van der Waals surface area contributed by atoms with Crippen molar-refractivity contribution in [3.05, 3.63) is 71.0 Å². The highest BCUT2D eigenvalue weighted by molar-refractivity contribution is 7.99. The summed E-state index contributed by atoms with van der Waals surface area (Å²) in [6.07, 6.45) is 2.17. The van der Waals surface area contributed by atoms with Crippen LogP contribution in [-0.2, 0) is 17.9 Å². The topological polar surface area (TPSA) is 60.3 Å². The average Bonchev–Trinajstić information content (AvgIpc) is 3.55. The molecule has 0 aliphatic heterocycles. The van der Waals surface area contributed by atoms with Crippen molar-refractivity contribution >= 4 is 29.3 Å². The van der Waals surface area contributed by atoms with Gasteiger partial charge in [0.1, 0.15) is 12.4 Å². The maximum absolute atomic E-state index is 13.2. The minimum atomic E-state index is -0.286. The fraction of sp³-hybridized carbons (Fsp3) is 0.400. The third kappa shape index (κ3) is 6.09. The van der Waals surface area contributed by atoms with Gasteiger partial charge < -0.3 is 9.64 Å². The zero-order chi connectivity index (χ0) is 23.4. The van der Waals surface area contributed by atoms with Gasteiger partial charge in [0.05, 0.1) is 10.8 Å². The molecule has 0 saturated heterocycles. The van der Waals surface area contributed by atoms with E-state index in [0.29, 0.717) is 29.1 Å². The smallest absolute Gasteiger partial charge is 0.233 e. The zero-order valence-electron chi connectivity index (χ0n) is 19.2. The summed E-state index contributed by atoms with van der Waals surface area (Å²) in [5, 5.41) is 10.1. The van der Waals surface area contributed by atoms with Crippen LogP contribution in [0, 0.1) is 0 Å². The number of nitrogens with zero attached hydrogens (tertiary/aromatic N) is 4. The molecular formula is C25H29ClN4O2S. The zero-order valence-corrected chi connectivity index (χ0v) is 20.8. The number of carbonyl (C=O) groups excluding carboxylic acids is 1. The summed E-state index contributed by atoms with van der Waals surface area (Å²) in [6.45, 7) is 7.06. The Labute approximate surface area is 204 Å². The summed E-state index contributed by atoms with van der Waals surface area (Å²) in [7, 11) is 0. The van der Waals surface area contributed by atoms with Gasteiger partial charge in [-0.15, -0.1) is 10.2 Å². The molecule has 0 atom stereocenters. The molecule has 0 spiro atoms. The van der Waals surface area contributed by atoms with Gasteiger partial charge in [0.2, 0.25) is 5.91 Å². The molecule has 0 unspecified atom stereocenters. The van der Waals surface area contributed by atoms with Gasteiger partial charge in [-0.05, 0) is 51.3 Å². The highest BCUT2D eigenvalue weighted by atomic mass is 35.5. The summed E-state index contributed by atoms with van der Waals surface area (Å²) >= 11 is 7.65. The van der Waals surface area contributed by atoms with Crippen molar-refractivity contribution in [2.45, 2.75) is 63.5 Å². The molecule has 1 fully saturated rings. The Morgan fingerprint density at radius 1 is 1.12 bits per heavy atom. The number of hydrogen-bond donors (Lipinski definition) is 0. The second-order valence-electron chi connectivity index (χ2n) is 9.14. The summed E-state index contributed by atoms with van der Waals surface area (Å²) < 4.78 is 8.01. The Hall–Kier alpha value is -2.51. The third-order valence-corrected chi connectivity index (χ3v) is 6.70. The molecule has 1 heterocycles. The standard InChI is InChI=1S/C25H29ClN4O2S/c1-25(2,3)29(15-18-9-5-4-6-10-18)23(31)17-33-24-28-27-22(30(24)19-13-14-19)16-32-21-12-8-7-11-20(21)26/h4-12,19H,13-17H2,1-3H3. The lowest BCUT2D eigenvalue weighted by Gasteiger charge is -2.36. The van der Waals surface area contributed by atoms with Crippen molar-refractivity contribution in [3.63, 3.8) is 0 Å². The molecule has 1 saturated carbocycles. The molecule has 0 N–H and O–H groups in total. The first-order valence-corrected chi connectivity index (χ1v) is 12.5. The number of aromatic nitrogens is 3. The van der Waals surface area contributed by atoms with Gasteiger partial charge >= 0.3 is 0 Å². The quantitative estimate of drug-likeness (QED) is 0.361. The number of amides is 1. The van der Waals surface area contributed by atoms with Crippen LogP contribution in [0.1, 0.15) is 51.0 Å². The lowest BCUT2D eigenvalue weighted by Crippen LogP contribution is -2.45. The largest absolute Gasteiger partial charge is 0.484 e. The minimum absolute atomic E-state index is 0.0792. The summed E-state index contributed by atoms with van der Waals surface area (Å²) in [5.41, 5.74) is 0.830. The van der Waals surface area contributed by atoms with E-state index < -0.39 is 0 Å². The lowest BCUT2D eigenvalue weighted by atomic mass is 10.0. The first kappa shape index (κ1) is 23.6. The molecule has 1 amide bonds. The molecule has 6 nitrogen and oxygen atoms in total. The second-order valence-corrected chi connectivity index (χ2v) is 10.5. The van der Waals surface area contributed by atoms with Crippen LogP contribution in [0.5, 0.6) is 5.75 Å². The average molecular weight is 485 g/mol. The number of hydrogen-bond acceptors (Lipinski definition) is 5. The SMILES string of the molecule is CC(C)(C)N(Cc1ccccc1)C(=O)CSc1nnc(COc2ccccc2Cl)n1C1CC1. The first-order valence-electron chi connectivity index (χ1n) is 11.1. The molecule has 2 aromatic carbocycles. The normalized spacial score (nSPS) is 13.7. The van der Waals surface area contributed by atoms with E-state index in [4.69, 9.17) is 16.3 Å². The molecule has 33 heavy (non-hydrogen) atoms. The van der Waals surface area contributed by atoms with E-state index in [1.165, 1.54) is 11.8 Å². The van der Waals surface area contributed by atoms with Crippen LogP contribution >= 0.6 is 23.4 Å². The Balaban J connectivity index is 1.44. The van der Waals surface area contributed by atoms with Crippen molar-refractivity contribution in [2.75, 3.05) is 5.75 Å². The van der Waals surface area contributed by atoms with E-state index in [-0.39, 0.29) is 18.1 Å². The van der Waals surface area contributed by atoms with E-state index in [9.17, 15) is 4.79 Å². The number of carbonyl (C=O) groups is 1. The monoisotopic (exact) mass is 484 g/mol. The van der Waals surface area contributed by atoms with Crippen molar-refractivity contribution in [1.82, 2.24) is 19.7 Å². The van der Waals surface area contributed by atoms with Gasteiger partial charge in [-0.2, -0.15) is 0 Å². The van der Waals surface area contributed by atoms with Crippen LogP contribution in [0.4, 0.5) is 0 Å². The van der Waals surface area contributed by atoms with Crippen LogP contribution in [0.15, 0.2) is 59.8 Å². The molecule has 1 aromatic heterocycles. The van der Waals surface area contributed by atoms with Gasteiger partial charge in [0.15, 0.2) is 11.0 Å². The van der Waals surface area contributed by atoms with Crippen LogP contribution < -0.4 is 4.74 Å². The number of ether oxygens (including phenoxy) is 1. The number of halogens is 1. The van der Waals surface area contributed by atoms with Gasteiger partial charge in [0.25, 0.3) is 0 Å². The van der Waals surface area contributed by atoms with Crippen LogP contribution in [0.2, 0.25) is 5.02 Å². The van der Waals surface area contributed by atoms with Crippen molar-refractivity contribution in [1.29, 1.82) is 0 Å². The second kappa shape index (κ2) is 10.2. The van der Waals surface area contributed by atoms with E-state index in [2.05, 4.69) is 35.5 Å². The van der Waals surface area contributed by atoms with E-state index in [1.54, 1.807) is 6.07 Å². The summed E-state index contributed by atoms with van der Waals surface area (Å²) in [4.78, 5) is 15.2. The Morgan fingerprint density at radius 2 is 1.82 bits per heavy atom. The number of benzene rings is 2. The van der Waals surface area contributed by atoms with E-state index in [1.807, 2.05) is 53.4 Å². The molecule has 1 aliphatic carbocycles. The Bertz CT molecular complexity index is 1090. The number of rotatable bonds is 9. The fourth-order valence-corrected chi connectivity index (χ4v) is 4.67. The first-order chi connectivity index (χ1) is 15.8. The minimum Gasteiger partial charge on any atom is -0.484 e. The summed E-state index contributed by atoms with van der Waals surface area (Å²) in [5.74, 6) is 1.76. The molecule has 3 aromatic rings. The molecule has 0 bridgehead atoms. The molecule has 0 radical (unpaired) electrons. The molecular weight excluding hydrogens is 456 g/mol. The number of para-hydroxylation sites is 1. The highest BCUT2D eigenvalue weighted by Crippen LogP contribution is 2.39. The molecule has 4 rings (SSSR count). The van der Waals surface area contributed by atoms with Crippen LogP contribution in [0.3, 0.4) is 0 Å². The van der Waals surface area contributed by atoms with Gasteiger partial charge in [-0.1, -0.05) is 65.8 Å². The molecule has 174 valence electrons. The fourth-order valence-electron chi connectivity index (χ4n) is 3.58. The predicted octanol–water partition coefficient (Wildman–Crippen LogP) is 5.76. The highest BCUT2D eigenvalue weighted by Gasteiger charge is 2.31. The Morgan fingerprint density at radius 3 is 2.48 bits per heavy atom. The van der Waals surface area contributed by atoms with E-state index >= 15 is 0 Å². The summed E-state index contributed by atoms with van der Waals surface area (Å²) in [6, 6.07) is 17.8. The lowest BCUT2D eigenvalue weighted by molar-refractivity contribution is -0.133. The Kier molecular flexibility index (Phi) is 7.29. The predicted molar refractivity (Wildman–Crippen MR) is 132 cm³/mol. The number of thioether (sulfide) groups is 1. The van der Waals surface area contributed by atoms with Crippen molar-refractivity contribution < 1.29 is 9.53 Å². The van der Waals surface area contributed by atoms with Crippen LogP contribution in [-0.4, -0.2) is 36.9 Å². The maximum Gasteiger partial charge on any atom is 0.233 e.